The number of carbonyl (C=O) groups is 2. The zero-order chi connectivity index (χ0) is 23.8. The normalized spacial score (nSPS) is 32.0. The van der Waals surface area contributed by atoms with Gasteiger partial charge in [0.2, 0.25) is 11.8 Å². The molecule has 0 aromatic carbocycles. The van der Waals surface area contributed by atoms with Crippen LogP contribution in [0.2, 0.25) is 0 Å². The fraction of sp³-hybridized carbons (Fsp3) is 0.679. The molecule has 7 nitrogen and oxygen atoms in total. The largest absolute Gasteiger partial charge is 0.375 e. The van der Waals surface area contributed by atoms with Gasteiger partial charge in [0.1, 0.15) is 5.82 Å². The van der Waals surface area contributed by atoms with Crippen molar-refractivity contribution in [2.24, 2.45) is 29.6 Å². The lowest BCUT2D eigenvalue weighted by Gasteiger charge is -2.37. The van der Waals surface area contributed by atoms with E-state index in [4.69, 9.17) is 4.74 Å². The number of carbonyl (C=O) groups excluding carboxylic acids is 2. The fourth-order valence-corrected chi connectivity index (χ4v) is 7.13. The molecule has 1 aromatic rings. The molecule has 3 aliphatic carbocycles. The Labute approximate surface area is 208 Å². The minimum atomic E-state index is -0.129. The van der Waals surface area contributed by atoms with Gasteiger partial charge in [0.15, 0.2) is 0 Å². The van der Waals surface area contributed by atoms with E-state index in [-0.39, 0.29) is 41.6 Å². The third-order valence-corrected chi connectivity index (χ3v) is 9.05. The summed E-state index contributed by atoms with van der Waals surface area (Å²) < 4.78 is 6.52. The maximum Gasteiger partial charge on any atom is 0.233 e. The Bertz CT molecular complexity index is 909. The highest BCUT2D eigenvalue weighted by molar-refractivity contribution is 6.06. The summed E-state index contributed by atoms with van der Waals surface area (Å²) in [5.74, 6) is 1.99. The average Bonchev–Trinajstić information content (AvgIpc) is 3.59. The van der Waals surface area contributed by atoms with Crippen molar-refractivity contribution in [1.82, 2.24) is 14.8 Å². The fourth-order valence-electron chi connectivity index (χ4n) is 7.13. The van der Waals surface area contributed by atoms with Crippen LogP contribution in [0.15, 0.2) is 36.5 Å². The first-order valence-electron chi connectivity index (χ1n) is 13.7. The van der Waals surface area contributed by atoms with Crippen LogP contribution in [0.4, 0.5) is 5.82 Å². The first kappa shape index (κ1) is 23.2. The number of piperazine rings is 1. The number of allylic oxidation sites excluding steroid dienone is 2. The first-order chi connectivity index (χ1) is 17.2. The summed E-state index contributed by atoms with van der Waals surface area (Å²) in [7, 11) is 0. The Hall–Kier alpha value is -2.25. The van der Waals surface area contributed by atoms with E-state index in [0.29, 0.717) is 12.5 Å². The van der Waals surface area contributed by atoms with Crippen LogP contribution in [-0.4, -0.2) is 78.6 Å². The molecule has 2 saturated heterocycles. The van der Waals surface area contributed by atoms with E-state index in [2.05, 4.69) is 33.0 Å². The second kappa shape index (κ2) is 10.0. The van der Waals surface area contributed by atoms with Gasteiger partial charge >= 0.3 is 0 Å². The van der Waals surface area contributed by atoms with E-state index in [9.17, 15) is 9.59 Å². The molecule has 2 amide bonds. The lowest BCUT2D eigenvalue weighted by Crippen LogP contribution is -2.51. The minimum absolute atomic E-state index is 0.0445. The molecule has 2 bridgehead atoms. The summed E-state index contributed by atoms with van der Waals surface area (Å²) in [6, 6.07) is 6.05. The molecule has 0 spiro atoms. The lowest BCUT2D eigenvalue weighted by atomic mass is 9.85. The summed E-state index contributed by atoms with van der Waals surface area (Å²) in [6.07, 6.45) is 13.4. The average molecular weight is 479 g/mol. The number of amides is 2. The molecule has 7 heteroatoms. The smallest absolute Gasteiger partial charge is 0.233 e. The zero-order valence-electron chi connectivity index (χ0n) is 20.6. The van der Waals surface area contributed by atoms with Crippen molar-refractivity contribution in [2.45, 2.75) is 44.6 Å². The van der Waals surface area contributed by atoms with Crippen molar-refractivity contribution >= 4 is 17.6 Å². The number of imide groups is 1. The van der Waals surface area contributed by atoms with Gasteiger partial charge in [0.25, 0.3) is 0 Å². The van der Waals surface area contributed by atoms with Crippen molar-refractivity contribution in [3.63, 3.8) is 0 Å². The van der Waals surface area contributed by atoms with E-state index in [1.807, 2.05) is 18.3 Å². The van der Waals surface area contributed by atoms with Crippen LogP contribution >= 0.6 is 0 Å². The predicted octanol–water partition coefficient (Wildman–Crippen LogP) is 2.98. The molecule has 5 atom stereocenters. The van der Waals surface area contributed by atoms with Crippen molar-refractivity contribution in [1.29, 1.82) is 0 Å². The number of pyridine rings is 1. The van der Waals surface area contributed by atoms with Crippen molar-refractivity contribution in [3.8, 4) is 0 Å². The molecule has 0 radical (unpaired) electrons. The van der Waals surface area contributed by atoms with Gasteiger partial charge in [-0.2, -0.15) is 0 Å². The molecule has 3 heterocycles. The van der Waals surface area contributed by atoms with Crippen LogP contribution in [0.3, 0.4) is 0 Å². The van der Waals surface area contributed by atoms with Gasteiger partial charge in [-0.15, -0.1) is 0 Å². The lowest BCUT2D eigenvalue weighted by molar-refractivity contribution is -0.143. The van der Waals surface area contributed by atoms with E-state index < -0.39 is 0 Å². The maximum absolute atomic E-state index is 13.3. The van der Waals surface area contributed by atoms with Gasteiger partial charge in [0.05, 0.1) is 24.5 Å². The molecule has 0 N–H and O–H groups in total. The molecule has 5 aliphatic rings. The standard InChI is InChI=1S/C28H38N4O3/c33-27-25-21-9-10-22(16-21)26(25)28(34)32(27)18-23(35-19-20-6-2-1-3-7-20)17-30-12-14-31(15-13-30)24-8-4-5-11-29-24/h4-5,8-11,20-23,25-26H,1-3,6-7,12-19H2/t21-,22?,23?,25-,26?/m0/s1. The van der Waals surface area contributed by atoms with Gasteiger partial charge in [-0.05, 0) is 49.1 Å². The summed E-state index contributed by atoms with van der Waals surface area (Å²) in [4.78, 5) is 37.4. The molecule has 2 saturated carbocycles. The highest BCUT2D eigenvalue weighted by atomic mass is 16.5. The van der Waals surface area contributed by atoms with E-state index in [0.717, 1.165) is 51.6 Å². The van der Waals surface area contributed by atoms with Gasteiger partial charge in [-0.25, -0.2) is 4.98 Å². The minimum Gasteiger partial charge on any atom is -0.375 e. The summed E-state index contributed by atoms with van der Waals surface area (Å²) >= 11 is 0. The van der Waals surface area contributed by atoms with Gasteiger partial charge in [-0.3, -0.25) is 19.4 Å². The Balaban J connectivity index is 1.10. The van der Waals surface area contributed by atoms with Gasteiger partial charge in [-0.1, -0.05) is 37.5 Å². The SMILES string of the molecule is O=C1C2C3C=C[C@@H](C3)[C@@H]2C(=O)N1CC(CN1CCN(c2ccccn2)CC1)OCC1CCCCC1. The molecule has 6 rings (SSSR count). The van der Waals surface area contributed by atoms with Gasteiger partial charge < -0.3 is 9.64 Å². The number of aromatic nitrogens is 1. The number of hydrogen-bond donors (Lipinski definition) is 0. The molecule has 35 heavy (non-hydrogen) atoms. The summed E-state index contributed by atoms with van der Waals surface area (Å²) in [5.41, 5.74) is 0. The second-order valence-electron chi connectivity index (χ2n) is 11.2. The van der Waals surface area contributed by atoms with Crippen molar-refractivity contribution < 1.29 is 14.3 Å². The molecular formula is C28H38N4O3. The van der Waals surface area contributed by atoms with Crippen LogP contribution in [0.25, 0.3) is 0 Å². The van der Waals surface area contributed by atoms with Crippen LogP contribution in [-0.2, 0) is 14.3 Å². The topological polar surface area (TPSA) is 66.0 Å². The van der Waals surface area contributed by atoms with Crippen LogP contribution in [0, 0.1) is 29.6 Å². The Morgan fingerprint density at radius 3 is 2.29 bits per heavy atom. The third-order valence-electron chi connectivity index (χ3n) is 9.05. The zero-order valence-corrected chi connectivity index (χ0v) is 20.6. The van der Waals surface area contributed by atoms with Crippen molar-refractivity contribution in [3.05, 3.63) is 36.5 Å². The number of fused-ring (bicyclic) bond motifs is 5. The Kier molecular flexibility index (Phi) is 6.63. The monoisotopic (exact) mass is 478 g/mol. The maximum atomic E-state index is 13.3. The number of likely N-dealkylation sites (tertiary alicyclic amines) is 1. The van der Waals surface area contributed by atoms with Crippen molar-refractivity contribution in [2.75, 3.05) is 50.8 Å². The van der Waals surface area contributed by atoms with Crippen LogP contribution in [0.5, 0.6) is 0 Å². The second-order valence-corrected chi connectivity index (χ2v) is 11.2. The predicted molar refractivity (Wildman–Crippen MR) is 134 cm³/mol. The molecule has 4 fully saturated rings. The number of rotatable bonds is 8. The highest BCUT2D eigenvalue weighted by Gasteiger charge is 2.59. The van der Waals surface area contributed by atoms with Crippen LogP contribution < -0.4 is 4.90 Å². The number of nitrogens with zero attached hydrogens (tertiary/aromatic N) is 4. The van der Waals surface area contributed by atoms with Crippen LogP contribution in [0.1, 0.15) is 38.5 Å². The molecule has 1 aromatic heterocycles. The molecular weight excluding hydrogens is 440 g/mol. The first-order valence-corrected chi connectivity index (χ1v) is 13.7. The molecule has 3 unspecified atom stereocenters. The summed E-state index contributed by atoms with van der Waals surface area (Å²) in [6.45, 7) is 5.62. The van der Waals surface area contributed by atoms with Gasteiger partial charge in [0, 0.05) is 45.5 Å². The highest BCUT2D eigenvalue weighted by Crippen LogP contribution is 2.52. The number of ether oxygens (including phenoxy) is 1. The van der Waals surface area contributed by atoms with E-state index in [1.165, 1.54) is 32.1 Å². The van der Waals surface area contributed by atoms with E-state index in [1.54, 1.807) is 4.90 Å². The quantitative estimate of drug-likeness (QED) is 0.423. The Morgan fingerprint density at radius 2 is 1.63 bits per heavy atom. The molecule has 2 aliphatic heterocycles. The summed E-state index contributed by atoms with van der Waals surface area (Å²) in [5, 5.41) is 0. The number of anilines is 1. The Morgan fingerprint density at radius 1 is 0.914 bits per heavy atom. The van der Waals surface area contributed by atoms with E-state index >= 15 is 0 Å². The third kappa shape index (κ3) is 4.65. The molecule has 188 valence electrons. The number of hydrogen-bond acceptors (Lipinski definition) is 6.